The van der Waals surface area contributed by atoms with Crippen molar-refractivity contribution in [2.75, 3.05) is 25.2 Å². The van der Waals surface area contributed by atoms with Gasteiger partial charge < -0.3 is 9.64 Å². The molecule has 2 rings (SSSR count). The van der Waals surface area contributed by atoms with Gasteiger partial charge in [-0.2, -0.15) is 0 Å². The second-order valence-electron chi connectivity index (χ2n) is 4.81. The summed E-state index contributed by atoms with van der Waals surface area (Å²) in [6, 6.07) is 7.19. The molecule has 0 spiro atoms. The molecule has 0 N–H and O–H groups in total. The standard InChI is InChI=1S/C13H16INO4S/c1-15(11-5-6-20(17,18)9-11)13(16)8-19-12-4-2-3-10(14)7-12/h2-4,7,11H,5-6,8-9H2,1H3/t11-/m0/s1. The minimum atomic E-state index is -2.98. The van der Waals surface area contributed by atoms with Crippen LogP contribution >= 0.6 is 22.6 Å². The average Bonchev–Trinajstić information content (AvgIpc) is 2.75. The molecule has 20 heavy (non-hydrogen) atoms. The fourth-order valence-corrected chi connectivity index (χ4v) is 4.38. The highest BCUT2D eigenvalue weighted by molar-refractivity contribution is 14.1. The van der Waals surface area contributed by atoms with Crippen LogP contribution in [-0.4, -0.2) is 50.4 Å². The molecular weight excluding hydrogens is 393 g/mol. The fraction of sp³-hybridized carbons (Fsp3) is 0.462. The summed E-state index contributed by atoms with van der Waals surface area (Å²) in [5, 5.41) is 0. The zero-order valence-electron chi connectivity index (χ0n) is 11.1. The van der Waals surface area contributed by atoms with Gasteiger partial charge in [0.1, 0.15) is 5.75 Å². The number of rotatable bonds is 4. The Kier molecular flexibility index (Phi) is 4.90. The molecule has 0 bridgehead atoms. The lowest BCUT2D eigenvalue weighted by atomic mass is 10.2. The maximum atomic E-state index is 12.0. The lowest BCUT2D eigenvalue weighted by molar-refractivity contribution is -0.133. The summed E-state index contributed by atoms with van der Waals surface area (Å²) < 4.78 is 29.3. The van der Waals surface area contributed by atoms with E-state index in [4.69, 9.17) is 4.74 Å². The molecule has 110 valence electrons. The van der Waals surface area contributed by atoms with E-state index in [9.17, 15) is 13.2 Å². The Balaban J connectivity index is 1.89. The van der Waals surface area contributed by atoms with Crippen LogP contribution < -0.4 is 4.74 Å². The zero-order valence-corrected chi connectivity index (χ0v) is 14.1. The van der Waals surface area contributed by atoms with Crippen molar-refractivity contribution in [1.82, 2.24) is 4.90 Å². The Bertz CT molecular complexity index is 602. The Hall–Kier alpha value is -0.830. The minimum absolute atomic E-state index is 0.0540. The Morgan fingerprint density at radius 1 is 1.50 bits per heavy atom. The van der Waals surface area contributed by atoms with Crippen LogP contribution in [0, 0.1) is 3.57 Å². The second kappa shape index (κ2) is 6.30. The molecule has 1 aromatic carbocycles. The van der Waals surface area contributed by atoms with Gasteiger partial charge in [0.15, 0.2) is 16.4 Å². The molecule has 0 radical (unpaired) electrons. The Morgan fingerprint density at radius 3 is 2.85 bits per heavy atom. The van der Waals surface area contributed by atoms with Gasteiger partial charge in [0, 0.05) is 16.7 Å². The van der Waals surface area contributed by atoms with Crippen LogP contribution in [0.3, 0.4) is 0 Å². The molecule has 5 nitrogen and oxygen atoms in total. The molecule has 0 unspecified atom stereocenters. The summed E-state index contributed by atoms with van der Waals surface area (Å²) in [5.74, 6) is 0.648. The third kappa shape index (κ3) is 4.08. The minimum Gasteiger partial charge on any atom is -0.484 e. The van der Waals surface area contributed by atoms with Crippen LogP contribution in [0.2, 0.25) is 0 Å². The van der Waals surface area contributed by atoms with Gasteiger partial charge in [0.2, 0.25) is 0 Å². The predicted molar refractivity (Wildman–Crippen MR) is 84.5 cm³/mol. The van der Waals surface area contributed by atoms with E-state index in [1.165, 1.54) is 4.90 Å². The number of carbonyl (C=O) groups excluding carboxylic acids is 1. The third-order valence-corrected chi connectivity index (χ3v) is 5.73. The van der Waals surface area contributed by atoms with Crippen LogP contribution in [0.4, 0.5) is 0 Å². The van der Waals surface area contributed by atoms with Crippen molar-refractivity contribution in [1.29, 1.82) is 0 Å². The number of halogens is 1. The van der Waals surface area contributed by atoms with E-state index in [-0.39, 0.29) is 30.1 Å². The first-order chi connectivity index (χ1) is 9.37. The van der Waals surface area contributed by atoms with Crippen molar-refractivity contribution in [2.24, 2.45) is 0 Å². The average molecular weight is 409 g/mol. The number of benzene rings is 1. The van der Waals surface area contributed by atoms with Crippen molar-refractivity contribution in [3.8, 4) is 5.75 Å². The van der Waals surface area contributed by atoms with Crippen LogP contribution in [0.1, 0.15) is 6.42 Å². The fourth-order valence-electron chi connectivity index (χ4n) is 2.09. The molecule has 1 aliphatic rings. The number of amides is 1. The van der Waals surface area contributed by atoms with Gasteiger partial charge in [-0.05, 0) is 47.2 Å². The van der Waals surface area contributed by atoms with E-state index >= 15 is 0 Å². The van der Waals surface area contributed by atoms with Crippen molar-refractivity contribution < 1.29 is 17.9 Å². The van der Waals surface area contributed by atoms with Crippen molar-refractivity contribution >= 4 is 38.3 Å². The SMILES string of the molecule is CN(C(=O)COc1cccc(I)c1)[C@H]1CCS(=O)(=O)C1. The van der Waals surface area contributed by atoms with E-state index in [2.05, 4.69) is 22.6 Å². The molecule has 1 aliphatic heterocycles. The van der Waals surface area contributed by atoms with E-state index in [0.29, 0.717) is 12.2 Å². The van der Waals surface area contributed by atoms with Crippen LogP contribution in [0.15, 0.2) is 24.3 Å². The Labute approximate surface area is 132 Å². The molecule has 0 aromatic heterocycles. The third-order valence-electron chi connectivity index (χ3n) is 3.31. The highest BCUT2D eigenvalue weighted by atomic mass is 127. The van der Waals surface area contributed by atoms with Gasteiger partial charge in [-0.15, -0.1) is 0 Å². The quantitative estimate of drug-likeness (QED) is 0.704. The summed E-state index contributed by atoms with van der Waals surface area (Å²) in [7, 11) is -1.35. The van der Waals surface area contributed by atoms with Gasteiger partial charge in [-0.25, -0.2) is 8.42 Å². The largest absolute Gasteiger partial charge is 0.484 e. The van der Waals surface area contributed by atoms with Gasteiger partial charge >= 0.3 is 0 Å². The van der Waals surface area contributed by atoms with Crippen LogP contribution in [-0.2, 0) is 14.6 Å². The zero-order chi connectivity index (χ0) is 14.8. The molecule has 0 aliphatic carbocycles. The lowest BCUT2D eigenvalue weighted by Crippen LogP contribution is -2.40. The predicted octanol–water partition coefficient (Wildman–Crippen LogP) is 1.32. The lowest BCUT2D eigenvalue weighted by Gasteiger charge is -2.23. The number of carbonyl (C=O) groups is 1. The number of hydrogen-bond donors (Lipinski definition) is 0. The van der Waals surface area contributed by atoms with E-state index < -0.39 is 9.84 Å². The molecule has 1 aromatic rings. The van der Waals surface area contributed by atoms with E-state index in [1.807, 2.05) is 18.2 Å². The number of ether oxygens (including phenoxy) is 1. The van der Waals surface area contributed by atoms with Crippen LogP contribution in [0.5, 0.6) is 5.75 Å². The Morgan fingerprint density at radius 2 is 2.25 bits per heavy atom. The molecule has 1 amide bonds. The molecule has 1 saturated heterocycles. The topological polar surface area (TPSA) is 63.7 Å². The maximum absolute atomic E-state index is 12.0. The first-order valence-electron chi connectivity index (χ1n) is 6.22. The number of nitrogens with zero attached hydrogens (tertiary/aromatic N) is 1. The number of hydrogen-bond acceptors (Lipinski definition) is 4. The molecule has 0 saturated carbocycles. The highest BCUT2D eigenvalue weighted by Gasteiger charge is 2.32. The highest BCUT2D eigenvalue weighted by Crippen LogP contribution is 2.18. The molecule has 7 heteroatoms. The van der Waals surface area contributed by atoms with Crippen LogP contribution in [0.25, 0.3) is 0 Å². The smallest absolute Gasteiger partial charge is 0.260 e. The maximum Gasteiger partial charge on any atom is 0.260 e. The monoisotopic (exact) mass is 409 g/mol. The van der Waals surface area contributed by atoms with Gasteiger partial charge in [-0.1, -0.05) is 6.07 Å². The van der Waals surface area contributed by atoms with Gasteiger partial charge in [0.25, 0.3) is 5.91 Å². The van der Waals surface area contributed by atoms with Crippen molar-refractivity contribution in [2.45, 2.75) is 12.5 Å². The van der Waals surface area contributed by atoms with Gasteiger partial charge in [-0.3, -0.25) is 4.79 Å². The first-order valence-corrected chi connectivity index (χ1v) is 9.12. The normalized spacial score (nSPS) is 20.6. The molecule has 1 fully saturated rings. The summed E-state index contributed by atoms with van der Waals surface area (Å²) in [4.78, 5) is 13.5. The summed E-state index contributed by atoms with van der Waals surface area (Å²) in [5.41, 5.74) is 0. The van der Waals surface area contributed by atoms with Crippen molar-refractivity contribution in [3.05, 3.63) is 27.8 Å². The second-order valence-corrected chi connectivity index (χ2v) is 8.28. The van der Waals surface area contributed by atoms with E-state index in [1.54, 1.807) is 13.1 Å². The van der Waals surface area contributed by atoms with E-state index in [0.717, 1.165) is 3.57 Å². The number of likely N-dealkylation sites (N-methyl/N-ethyl adjacent to an activating group) is 1. The summed E-state index contributed by atoms with van der Waals surface area (Å²) >= 11 is 2.17. The summed E-state index contributed by atoms with van der Waals surface area (Å²) in [6.45, 7) is -0.0762. The van der Waals surface area contributed by atoms with Crippen molar-refractivity contribution in [3.63, 3.8) is 0 Å². The molecule has 1 atom stereocenters. The first kappa shape index (κ1) is 15.6. The summed E-state index contributed by atoms with van der Waals surface area (Å²) in [6.07, 6.45) is 0.508. The number of sulfone groups is 1. The molecule has 1 heterocycles. The van der Waals surface area contributed by atoms with Gasteiger partial charge in [0.05, 0.1) is 11.5 Å². The molecular formula is C13H16INO4S.